The van der Waals surface area contributed by atoms with Crippen LogP contribution >= 0.6 is 0 Å². The number of carbonyl (C=O) groups is 1. The van der Waals surface area contributed by atoms with Crippen molar-refractivity contribution in [3.8, 4) is 0 Å². The topological polar surface area (TPSA) is 58.4 Å². The molecule has 0 aliphatic rings. The van der Waals surface area contributed by atoms with Gasteiger partial charge in [0.2, 0.25) is 5.91 Å². The molecule has 118 valence electrons. The molecule has 1 rings (SSSR count). The predicted molar refractivity (Wildman–Crippen MR) is 77.0 cm³/mol. The number of nitrogens with one attached hydrogen (secondary N) is 1. The van der Waals surface area contributed by atoms with Gasteiger partial charge in [-0.1, -0.05) is 0 Å². The molecule has 0 radical (unpaired) electrons. The summed E-state index contributed by atoms with van der Waals surface area (Å²) in [4.78, 5) is 13.4. The van der Waals surface area contributed by atoms with Crippen LogP contribution < -0.4 is 11.1 Å². The molecular formula is C14H20F3N3O. The molecule has 3 N–H and O–H groups in total. The highest BCUT2D eigenvalue weighted by molar-refractivity contribution is 5.95. The lowest BCUT2D eigenvalue weighted by Crippen LogP contribution is -2.41. The number of nitrogens with zero attached hydrogens (tertiary/aromatic N) is 1. The lowest BCUT2D eigenvalue weighted by molar-refractivity contribution is -0.140. The number of nitrogens with two attached hydrogens (primary N) is 1. The summed E-state index contributed by atoms with van der Waals surface area (Å²) >= 11 is 0. The van der Waals surface area contributed by atoms with E-state index in [0.717, 1.165) is 5.56 Å². The maximum Gasteiger partial charge on any atom is 0.390 e. The van der Waals surface area contributed by atoms with Gasteiger partial charge < -0.3 is 11.1 Å². The standard InChI is InChI=1S/C14H20F3N3O/c1-9-8-11(18)4-5-12(9)19-13(21)10(2)20(3)7-6-14(15,16)17/h4-5,8,10H,6-7,18H2,1-3H3,(H,19,21). The van der Waals surface area contributed by atoms with Crippen LogP contribution in [0.1, 0.15) is 18.9 Å². The first-order chi connectivity index (χ1) is 9.60. The Labute approximate surface area is 122 Å². The maximum absolute atomic E-state index is 12.2. The molecule has 4 nitrogen and oxygen atoms in total. The van der Waals surface area contributed by atoms with Crippen LogP contribution in [0.5, 0.6) is 0 Å². The minimum atomic E-state index is -4.22. The summed E-state index contributed by atoms with van der Waals surface area (Å²) in [6.07, 6.45) is -5.17. The molecule has 1 unspecified atom stereocenters. The molecule has 0 aliphatic carbocycles. The second kappa shape index (κ2) is 6.80. The quantitative estimate of drug-likeness (QED) is 0.822. The van der Waals surface area contributed by atoms with Crippen LogP contribution in [0, 0.1) is 6.92 Å². The number of aryl methyl sites for hydroxylation is 1. The Kier molecular flexibility index (Phi) is 5.60. The number of halogens is 3. The fraction of sp³-hybridized carbons (Fsp3) is 0.500. The molecule has 21 heavy (non-hydrogen) atoms. The Bertz CT molecular complexity index is 503. The zero-order valence-corrected chi connectivity index (χ0v) is 12.3. The van der Waals surface area contributed by atoms with Gasteiger partial charge in [-0.3, -0.25) is 9.69 Å². The Balaban J connectivity index is 2.61. The number of nitrogen functional groups attached to an aromatic ring is 1. The molecule has 7 heteroatoms. The number of hydrogen-bond donors (Lipinski definition) is 2. The number of likely N-dealkylation sites (N-methyl/N-ethyl adjacent to an activating group) is 1. The summed E-state index contributed by atoms with van der Waals surface area (Å²) in [6.45, 7) is 3.14. The summed E-state index contributed by atoms with van der Waals surface area (Å²) < 4.78 is 36.5. The Morgan fingerprint density at radius 2 is 2.05 bits per heavy atom. The van der Waals surface area contributed by atoms with E-state index in [2.05, 4.69) is 5.32 Å². The Morgan fingerprint density at radius 3 is 2.57 bits per heavy atom. The second-order valence-corrected chi connectivity index (χ2v) is 5.09. The van der Waals surface area contributed by atoms with Gasteiger partial charge in [-0.15, -0.1) is 0 Å². The van der Waals surface area contributed by atoms with Crippen LogP contribution in [0.3, 0.4) is 0 Å². The summed E-state index contributed by atoms with van der Waals surface area (Å²) in [5, 5.41) is 2.70. The number of hydrogen-bond acceptors (Lipinski definition) is 3. The van der Waals surface area contributed by atoms with Crippen molar-refractivity contribution < 1.29 is 18.0 Å². The van der Waals surface area contributed by atoms with Crippen molar-refractivity contribution in [2.45, 2.75) is 32.5 Å². The molecule has 0 fully saturated rings. The zero-order chi connectivity index (χ0) is 16.2. The van der Waals surface area contributed by atoms with Crippen molar-refractivity contribution in [1.82, 2.24) is 4.90 Å². The summed E-state index contributed by atoms with van der Waals surface area (Å²) in [5.74, 6) is -0.354. The molecule has 0 spiro atoms. The van der Waals surface area contributed by atoms with Crippen molar-refractivity contribution in [1.29, 1.82) is 0 Å². The summed E-state index contributed by atoms with van der Waals surface area (Å²) in [5.41, 5.74) is 7.60. The first-order valence-electron chi connectivity index (χ1n) is 6.54. The SMILES string of the molecule is Cc1cc(N)ccc1NC(=O)C(C)N(C)CCC(F)(F)F. The van der Waals surface area contributed by atoms with Crippen molar-refractivity contribution in [2.75, 3.05) is 24.6 Å². The Hall–Kier alpha value is -1.76. The number of anilines is 2. The third kappa shape index (κ3) is 5.63. The molecule has 1 atom stereocenters. The van der Waals surface area contributed by atoms with Gasteiger partial charge >= 0.3 is 6.18 Å². The van der Waals surface area contributed by atoms with Crippen LogP contribution in [0.15, 0.2) is 18.2 Å². The van der Waals surface area contributed by atoms with Crippen LogP contribution in [0.25, 0.3) is 0 Å². The fourth-order valence-electron chi connectivity index (χ4n) is 1.76. The van der Waals surface area contributed by atoms with E-state index in [-0.39, 0.29) is 12.5 Å². The minimum absolute atomic E-state index is 0.223. The van der Waals surface area contributed by atoms with E-state index in [1.54, 1.807) is 32.0 Å². The highest BCUT2D eigenvalue weighted by Gasteiger charge is 2.29. The first-order valence-corrected chi connectivity index (χ1v) is 6.54. The first kappa shape index (κ1) is 17.3. The number of rotatable bonds is 5. The van der Waals surface area contributed by atoms with Gasteiger partial charge in [0.1, 0.15) is 0 Å². The third-order valence-corrected chi connectivity index (χ3v) is 3.30. The minimum Gasteiger partial charge on any atom is -0.399 e. The molecular weight excluding hydrogens is 283 g/mol. The van der Waals surface area contributed by atoms with E-state index < -0.39 is 18.6 Å². The van der Waals surface area contributed by atoms with Crippen LogP contribution in [0.4, 0.5) is 24.5 Å². The molecule has 1 aromatic carbocycles. The van der Waals surface area contributed by atoms with Gasteiger partial charge in [-0.25, -0.2) is 0 Å². The van der Waals surface area contributed by atoms with Crippen LogP contribution in [0.2, 0.25) is 0 Å². The van der Waals surface area contributed by atoms with Crippen LogP contribution in [-0.2, 0) is 4.79 Å². The summed E-state index contributed by atoms with van der Waals surface area (Å²) in [6, 6.07) is 4.38. The molecule has 1 amide bonds. The maximum atomic E-state index is 12.2. The molecule has 1 aromatic rings. The van der Waals surface area contributed by atoms with Gasteiger partial charge in [0.15, 0.2) is 0 Å². The van der Waals surface area contributed by atoms with Crippen molar-refractivity contribution in [3.05, 3.63) is 23.8 Å². The third-order valence-electron chi connectivity index (χ3n) is 3.30. The Morgan fingerprint density at radius 1 is 1.43 bits per heavy atom. The van der Waals surface area contributed by atoms with Crippen molar-refractivity contribution in [3.63, 3.8) is 0 Å². The van der Waals surface area contributed by atoms with Crippen LogP contribution in [-0.4, -0.2) is 36.6 Å². The lowest BCUT2D eigenvalue weighted by Gasteiger charge is -2.24. The van der Waals surface area contributed by atoms with E-state index in [9.17, 15) is 18.0 Å². The van der Waals surface area contributed by atoms with E-state index in [1.165, 1.54) is 11.9 Å². The normalized spacial score (nSPS) is 13.3. The molecule has 0 aromatic heterocycles. The number of alkyl halides is 3. The largest absolute Gasteiger partial charge is 0.399 e. The number of amides is 1. The molecule has 0 heterocycles. The van der Waals surface area contributed by atoms with Gasteiger partial charge in [-0.05, 0) is 44.7 Å². The molecule has 0 aliphatic heterocycles. The van der Waals surface area contributed by atoms with Gasteiger partial charge in [0.05, 0.1) is 12.5 Å². The monoisotopic (exact) mass is 303 g/mol. The molecule has 0 bridgehead atoms. The summed E-state index contributed by atoms with van der Waals surface area (Å²) in [7, 11) is 1.49. The van der Waals surface area contributed by atoms with E-state index in [0.29, 0.717) is 11.4 Å². The van der Waals surface area contributed by atoms with Crippen molar-refractivity contribution in [2.24, 2.45) is 0 Å². The van der Waals surface area contributed by atoms with E-state index in [1.807, 2.05) is 0 Å². The van der Waals surface area contributed by atoms with Gasteiger partial charge in [0.25, 0.3) is 0 Å². The van der Waals surface area contributed by atoms with E-state index >= 15 is 0 Å². The average Bonchev–Trinajstić information content (AvgIpc) is 2.37. The average molecular weight is 303 g/mol. The zero-order valence-electron chi connectivity index (χ0n) is 12.3. The van der Waals surface area contributed by atoms with E-state index in [4.69, 9.17) is 5.73 Å². The van der Waals surface area contributed by atoms with Crippen molar-refractivity contribution >= 4 is 17.3 Å². The second-order valence-electron chi connectivity index (χ2n) is 5.09. The lowest BCUT2D eigenvalue weighted by atomic mass is 10.1. The predicted octanol–water partition coefficient (Wildman–Crippen LogP) is 2.79. The number of benzene rings is 1. The number of carbonyl (C=O) groups excluding carboxylic acids is 1. The highest BCUT2D eigenvalue weighted by atomic mass is 19.4. The van der Waals surface area contributed by atoms with Gasteiger partial charge in [-0.2, -0.15) is 13.2 Å². The smallest absolute Gasteiger partial charge is 0.390 e. The molecule has 0 saturated heterocycles. The highest BCUT2D eigenvalue weighted by Crippen LogP contribution is 2.21. The van der Waals surface area contributed by atoms with Gasteiger partial charge in [0, 0.05) is 17.9 Å². The molecule has 0 saturated carbocycles. The fourth-order valence-corrected chi connectivity index (χ4v) is 1.76.